The maximum Gasteiger partial charge on any atom is 0.274 e. The van der Waals surface area contributed by atoms with Gasteiger partial charge in [-0.05, 0) is 37.3 Å². The molecule has 3 heterocycles. The Hall–Kier alpha value is -3.15. The fourth-order valence-corrected chi connectivity index (χ4v) is 3.28. The van der Waals surface area contributed by atoms with Gasteiger partial charge in [0.2, 0.25) is 0 Å². The second-order valence-corrected chi connectivity index (χ2v) is 6.11. The van der Waals surface area contributed by atoms with E-state index in [0.29, 0.717) is 12.2 Å². The summed E-state index contributed by atoms with van der Waals surface area (Å²) in [6.07, 6.45) is 2.03. The molecular formula is C19H18N4O2. The van der Waals surface area contributed by atoms with E-state index in [2.05, 4.69) is 9.67 Å². The van der Waals surface area contributed by atoms with Crippen LogP contribution in [0.5, 0.6) is 0 Å². The quantitative estimate of drug-likeness (QED) is 0.722. The van der Waals surface area contributed by atoms with Gasteiger partial charge in [0, 0.05) is 31.0 Å². The molecule has 0 aliphatic carbocycles. The molecule has 1 unspecified atom stereocenters. The summed E-state index contributed by atoms with van der Waals surface area (Å²) in [5, 5.41) is 4.30. The van der Waals surface area contributed by atoms with E-state index in [4.69, 9.17) is 0 Å². The van der Waals surface area contributed by atoms with Crippen molar-refractivity contribution in [3.05, 3.63) is 82.5 Å². The number of para-hydroxylation sites is 1. The van der Waals surface area contributed by atoms with Gasteiger partial charge in [-0.15, -0.1) is 0 Å². The molecule has 0 spiro atoms. The van der Waals surface area contributed by atoms with Gasteiger partial charge in [0.15, 0.2) is 0 Å². The minimum Gasteiger partial charge on any atom is -0.348 e. The first-order chi connectivity index (χ1) is 12.1. The molecular weight excluding hydrogens is 316 g/mol. The Morgan fingerprint density at radius 1 is 1.04 bits per heavy atom. The summed E-state index contributed by atoms with van der Waals surface area (Å²) in [4.78, 5) is 26.9. The highest BCUT2D eigenvalue weighted by molar-refractivity contribution is 5.92. The van der Waals surface area contributed by atoms with Crippen molar-refractivity contribution in [2.75, 3.05) is 6.54 Å². The van der Waals surface area contributed by atoms with E-state index in [-0.39, 0.29) is 23.2 Å². The average molecular weight is 334 g/mol. The summed E-state index contributed by atoms with van der Waals surface area (Å²) in [5.41, 5.74) is 1.76. The smallest absolute Gasteiger partial charge is 0.274 e. The van der Waals surface area contributed by atoms with Gasteiger partial charge in [0.25, 0.3) is 11.5 Å². The van der Waals surface area contributed by atoms with Crippen LogP contribution in [-0.2, 0) is 6.54 Å². The van der Waals surface area contributed by atoms with Crippen LogP contribution < -0.4 is 5.56 Å². The van der Waals surface area contributed by atoms with Crippen molar-refractivity contribution in [1.82, 2.24) is 19.2 Å². The van der Waals surface area contributed by atoms with Gasteiger partial charge in [0.1, 0.15) is 5.69 Å². The largest absolute Gasteiger partial charge is 0.348 e. The number of hydrogen-bond donors (Lipinski definition) is 0. The first-order valence-electron chi connectivity index (χ1n) is 8.27. The molecule has 0 fully saturated rings. The van der Waals surface area contributed by atoms with Crippen LogP contribution in [0.15, 0.2) is 65.6 Å². The Morgan fingerprint density at radius 2 is 1.84 bits per heavy atom. The highest BCUT2D eigenvalue weighted by atomic mass is 16.2. The van der Waals surface area contributed by atoms with E-state index in [1.54, 1.807) is 17.0 Å². The van der Waals surface area contributed by atoms with Crippen LogP contribution in [-0.4, -0.2) is 31.7 Å². The third kappa shape index (κ3) is 2.65. The molecule has 126 valence electrons. The standard InChI is InChI=1S/C19H18N4O2/c1-14-17-8-5-11-21(17)12-13-22(14)19(25)16-9-10-18(24)23(20-16)15-6-3-2-4-7-15/h2-11,14H,12-13H2,1H3. The van der Waals surface area contributed by atoms with Crippen molar-refractivity contribution in [2.24, 2.45) is 0 Å². The predicted molar refractivity (Wildman–Crippen MR) is 93.7 cm³/mol. The molecule has 0 bridgehead atoms. The maximum atomic E-state index is 13.0. The number of nitrogens with zero attached hydrogens (tertiary/aromatic N) is 4. The van der Waals surface area contributed by atoms with Crippen molar-refractivity contribution >= 4 is 5.91 Å². The van der Waals surface area contributed by atoms with Gasteiger partial charge in [0.05, 0.1) is 11.7 Å². The lowest BCUT2D eigenvalue weighted by atomic mass is 10.1. The molecule has 1 aliphatic rings. The summed E-state index contributed by atoms with van der Waals surface area (Å²) in [7, 11) is 0. The number of hydrogen-bond acceptors (Lipinski definition) is 3. The zero-order valence-electron chi connectivity index (χ0n) is 13.9. The molecule has 0 saturated carbocycles. The molecule has 1 aromatic carbocycles. The van der Waals surface area contributed by atoms with Crippen LogP contribution in [0.4, 0.5) is 0 Å². The predicted octanol–water partition coefficient (Wildman–Crippen LogP) is 2.25. The van der Waals surface area contributed by atoms with Crippen molar-refractivity contribution in [2.45, 2.75) is 19.5 Å². The van der Waals surface area contributed by atoms with Gasteiger partial charge < -0.3 is 9.47 Å². The Labute approximate surface area is 144 Å². The summed E-state index contributed by atoms with van der Waals surface area (Å²) >= 11 is 0. The summed E-state index contributed by atoms with van der Waals surface area (Å²) in [6, 6.07) is 16.0. The second-order valence-electron chi connectivity index (χ2n) is 6.11. The Kier molecular flexibility index (Phi) is 3.72. The van der Waals surface area contributed by atoms with Crippen LogP contribution in [0.3, 0.4) is 0 Å². The van der Waals surface area contributed by atoms with Crippen LogP contribution in [0.1, 0.15) is 29.1 Å². The van der Waals surface area contributed by atoms with Crippen LogP contribution in [0.25, 0.3) is 5.69 Å². The molecule has 25 heavy (non-hydrogen) atoms. The number of fused-ring (bicyclic) bond motifs is 1. The van der Waals surface area contributed by atoms with E-state index in [1.807, 2.05) is 43.5 Å². The number of aromatic nitrogens is 3. The van der Waals surface area contributed by atoms with Crippen molar-refractivity contribution < 1.29 is 4.79 Å². The van der Waals surface area contributed by atoms with Crippen LogP contribution in [0.2, 0.25) is 0 Å². The molecule has 6 heteroatoms. The van der Waals surface area contributed by atoms with E-state index in [1.165, 1.54) is 16.8 Å². The molecule has 0 radical (unpaired) electrons. The molecule has 3 aromatic rings. The van der Waals surface area contributed by atoms with Crippen molar-refractivity contribution in [1.29, 1.82) is 0 Å². The fourth-order valence-electron chi connectivity index (χ4n) is 3.28. The van der Waals surface area contributed by atoms with Gasteiger partial charge in [-0.25, -0.2) is 0 Å². The van der Waals surface area contributed by atoms with Crippen LogP contribution in [0, 0.1) is 0 Å². The zero-order valence-corrected chi connectivity index (χ0v) is 13.9. The third-order valence-electron chi connectivity index (χ3n) is 4.62. The van der Waals surface area contributed by atoms with Gasteiger partial charge in [-0.3, -0.25) is 9.59 Å². The normalized spacial score (nSPS) is 16.5. The molecule has 1 atom stereocenters. The van der Waals surface area contributed by atoms with Gasteiger partial charge in [-0.2, -0.15) is 9.78 Å². The van der Waals surface area contributed by atoms with E-state index >= 15 is 0 Å². The topological polar surface area (TPSA) is 60.1 Å². The minimum atomic E-state index is -0.261. The van der Waals surface area contributed by atoms with Gasteiger partial charge in [-0.1, -0.05) is 18.2 Å². The lowest BCUT2D eigenvalue weighted by Crippen LogP contribution is -2.41. The molecule has 0 N–H and O–H groups in total. The Morgan fingerprint density at radius 3 is 2.64 bits per heavy atom. The molecule has 1 aliphatic heterocycles. The minimum absolute atomic E-state index is 0.0323. The number of amides is 1. The number of benzene rings is 1. The third-order valence-corrected chi connectivity index (χ3v) is 4.62. The average Bonchev–Trinajstić information content (AvgIpc) is 3.12. The van der Waals surface area contributed by atoms with E-state index in [0.717, 1.165) is 12.2 Å². The summed E-state index contributed by atoms with van der Waals surface area (Å²) in [6.45, 7) is 3.39. The number of carbonyl (C=O) groups excluding carboxylic acids is 1. The molecule has 4 rings (SSSR count). The van der Waals surface area contributed by atoms with Crippen molar-refractivity contribution in [3.63, 3.8) is 0 Å². The SMILES string of the molecule is CC1c2cccn2CCN1C(=O)c1ccc(=O)n(-c2ccccc2)n1. The fraction of sp³-hybridized carbons (Fsp3) is 0.211. The van der Waals surface area contributed by atoms with Gasteiger partial charge >= 0.3 is 0 Å². The van der Waals surface area contributed by atoms with Crippen molar-refractivity contribution in [3.8, 4) is 5.69 Å². The summed E-state index contributed by atoms with van der Waals surface area (Å²) < 4.78 is 3.43. The summed E-state index contributed by atoms with van der Waals surface area (Å²) in [5.74, 6) is -0.162. The van der Waals surface area contributed by atoms with E-state index < -0.39 is 0 Å². The lowest BCUT2D eigenvalue weighted by Gasteiger charge is -2.34. The first-order valence-corrected chi connectivity index (χ1v) is 8.27. The van der Waals surface area contributed by atoms with E-state index in [9.17, 15) is 9.59 Å². The number of rotatable bonds is 2. The molecule has 0 saturated heterocycles. The monoisotopic (exact) mass is 334 g/mol. The molecule has 6 nitrogen and oxygen atoms in total. The molecule has 1 amide bonds. The number of carbonyl (C=O) groups is 1. The first kappa shape index (κ1) is 15.4. The second kappa shape index (κ2) is 6.05. The Balaban J connectivity index is 1.69. The lowest BCUT2D eigenvalue weighted by molar-refractivity contribution is 0.0636. The Bertz CT molecular complexity index is 974. The highest BCUT2D eigenvalue weighted by Gasteiger charge is 2.29. The maximum absolute atomic E-state index is 13.0. The highest BCUT2D eigenvalue weighted by Crippen LogP contribution is 2.26. The zero-order chi connectivity index (χ0) is 17.4. The van der Waals surface area contributed by atoms with Crippen LogP contribution >= 0.6 is 0 Å². The molecule has 2 aromatic heterocycles.